The molecule has 17 heavy (non-hydrogen) atoms. The Bertz CT molecular complexity index is 368. The quantitative estimate of drug-likeness (QED) is 0.770. The molecule has 1 unspecified atom stereocenters. The maximum Gasteiger partial charge on any atom is 0.126 e. The van der Waals surface area contributed by atoms with Crippen molar-refractivity contribution in [1.82, 2.24) is 5.32 Å². The van der Waals surface area contributed by atoms with Gasteiger partial charge >= 0.3 is 0 Å². The van der Waals surface area contributed by atoms with Gasteiger partial charge in [0.15, 0.2) is 0 Å². The highest BCUT2D eigenvalue weighted by Gasteiger charge is 2.22. The largest absolute Gasteiger partial charge is 0.389 e. The lowest BCUT2D eigenvalue weighted by molar-refractivity contribution is 0.0595. The van der Waals surface area contributed by atoms with E-state index in [-0.39, 0.29) is 12.2 Å². The number of benzene rings is 1. The minimum atomic E-state index is -0.972. The molecule has 0 aromatic heterocycles. The lowest BCUT2D eigenvalue weighted by Gasteiger charge is -2.24. The van der Waals surface area contributed by atoms with Gasteiger partial charge in [-0.15, -0.1) is 0 Å². The molecule has 0 aliphatic carbocycles. The normalized spacial score (nSPS) is 14.6. The summed E-state index contributed by atoms with van der Waals surface area (Å²) < 4.78 is 13.5. The molecule has 0 saturated heterocycles. The molecule has 1 aromatic carbocycles. The van der Waals surface area contributed by atoms with Gasteiger partial charge in [-0.1, -0.05) is 18.5 Å². The first-order valence-corrected chi connectivity index (χ1v) is 6.19. The van der Waals surface area contributed by atoms with Crippen LogP contribution in [0.2, 0.25) is 5.02 Å². The minimum absolute atomic E-state index is 0.246. The molecular weight excluding hydrogens is 241 g/mol. The van der Waals surface area contributed by atoms with Crippen molar-refractivity contribution in [2.45, 2.75) is 32.3 Å². The van der Waals surface area contributed by atoms with Crippen LogP contribution in [-0.4, -0.2) is 23.8 Å². The van der Waals surface area contributed by atoms with Gasteiger partial charge in [0.1, 0.15) is 5.82 Å². The van der Waals surface area contributed by atoms with Crippen molar-refractivity contribution >= 4 is 11.6 Å². The van der Waals surface area contributed by atoms with Crippen molar-refractivity contribution < 1.29 is 9.50 Å². The zero-order chi connectivity index (χ0) is 12.9. The van der Waals surface area contributed by atoms with Crippen LogP contribution in [0, 0.1) is 5.82 Å². The standard InChI is InChI=1S/C13H19ClFNO/c1-3-6-16-9-13(2,17)8-10-7-11(14)4-5-12(10)15/h4-5,7,16-17H,3,6,8-9H2,1-2H3. The highest BCUT2D eigenvalue weighted by atomic mass is 35.5. The van der Waals surface area contributed by atoms with E-state index in [9.17, 15) is 9.50 Å². The molecule has 0 heterocycles. The Balaban J connectivity index is 2.65. The lowest BCUT2D eigenvalue weighted by atomic mass is 9.96. The molecule has 1 atom stereocenters. The van der Waals surface area contributed by atoms with Gasteiger partial charge in [-0.3, -0.25) is 0 Å². The van der Waals surface area contributed by atoms with Gasteiger partial charge < -0.3 is 10.4 Å². The first-order chi connectivity index (χ1) is 7.94. The topological polar surface area (TPSA) is 32.3 Å². The Labute approximate surface area is 107 Å². The van der Waals surface area contributed by atoms with Crippen LogP contribution in [0.4, 0.5) is 4.39 Å². The smallest absolute Gasteiger partial charge is 0.126 e. The first kappa shape index (κ1) is 14.4. The van der Waals surface area contributed by atoms with E-state index < -0.39 is 5.60 Å². The molecule has 4 heteroatoms. The van der Waals surface area contributed by atoms with Crippen LogP contribution < -0.4 is 5.32 Å². The molecule has 1 rings (SSSR count). The maximum absolute atomic E-state index is 13.5. The van der Waals surface area contributed by atoms with Gasteiger partial charge in [0, 0.05) is 18.0 Å². The fourth-order valence-electron chi connectivity index (χ4n) is 1.69. The van der Waals surface area contributed by atoms with E-state index in [0.717, 1.165) is 13.0 Å². The van der Waals surface area contributed by atoms with E-state index in [2.05, 4.69) is 12.2 Å². The molecule has 1 aromatic rings. The summed E-state index contributed by atoms with van der Waals surface area (Å²) in [6, 6.07) is 4.39. The molecule has 0 fully saturated rings. The third-order valence-corrected chi connectivity index (χ3v) is 2.75. The van der Waals surface area contributed by atoms with Crippen LogP contribution in [0.15, 0.2) is 18.2 Å². The first-order valence-electron chi connectivity index (χ1n) is 5.81. The van der Waals surface area contributed by atoms with Gasteiger partial charge in [-0.25, -0.2) is 4.39 Å². The number of rotatable bonds is 6. The monoisotopic (exact) mass is 259 g/mol. The molecule has 2 N–H and O–H groups in total. The molecule has 0 aliphatic heterocycles. The Morgan fingerprint density at radius 3 is 2.82 bits per heavy atom. The number of aliphatic hydroxyl groups is 1. The van der Waals surface area contributed by atoms with E-state index in [1.165, 1.54) is 12.1 Å². The fourth-order valence-corrected chi connectivity index (χ4v) is 1.88. The molecule has 0 bridgehead atoms. The predicted octanol–water partition coefficient (Wildman–Crippen LogP) is 2.77. The van der Waals surface area contributed by atoms with Crippen LogP contribution in [0.1, 0.15) is 25.8 Å². The molecule has 0 radical (unpaired) electrons. The Kier molecular flexibility index (Phi) is 5.37. The Hall–Kier alpha value is -0.640. The summed E-state index contributed by atoms with van der Waals surface area (Å²) in [5, 5.41) is 13.7. The second-order valence-corrected chi connectivity index (χ2v) is 5.02. The van der Waals surface area contributed by atoms with Crippen molar-refractivity contribution in [2.75, 3.05) is 13.1 Å². The van der Waals surface area contributed by atoms with E-state index >= 15 is 0 Å². The molecular formula is C13H19ClFNO. The Morgan fingerprint density at radius 2 is 2.18 bits per heavy atom. The van der Waals surface area contributed by atoms with Gasteiger partial charge in [0.05, 0.1) is 5.60 Å². The molecule has 0 saturated carbocycles. The summed E-state index contributed by atoms with van der Waals surface area (Å²) >= 11 is 5.81. The predicted molar refractivity (Wildman–Crippen MR) is 68.9 cm³/mol. The molecule has 0 spiro atoms. The van der Waals surface area contributed by atoms with E-state index in [1.807, 2.05) is 0 Å². The molecule has 0 amide bonds. The summed E-state index contributed by atoms with van der Waals surface area (Å²) in [6.07, 6.45) is 1.25. The summed E-state index contributed by atoms with van der Waals surface area (Å²) in [6.45, 7) is 5.02. The summed E-state index contributed by atoms with van der Waals surface area (Å²) in [5.74, 6) is -0.329. The van der Waals surface area contributed by atoms with Crippen LogP contribution >= 0.6 is 11.6 Å². The van der Waals surface area contributed by atoms with Crippen molar-refractivity contribution in [3.63, 3.8) is 0 Å². The van der Waals surface area contributed by atoms with Gasteiger partial charge in [0.2, 0.25) is 0 Å². The van der Waals surface area contributed by atoms with Crippen molar-refractivity contribution in [1.29, 1.82) is 0 Å². The fraction of sp³-hybridized carbons (Fsp3) is 0.538. The van der Waals surface area contributed by atoms with Crippen LogP contribution in [-0.2, 0) is 6.42 Å². The lowest BCUT2D eigenvalue weighted by Crippen LogP contribution is -2.40. The second kappa shape index (κ2) is 6.34. The SMILES string of the molecule is CCCNCC(C)(O)Cc1cc(Cl)ccc1F. The zero-order valence-electron chi connectivity index (χ0n) is 10.3. The molecule has 2 nitrogen and oxygen atoms in total. The highest BCUT2D eigenvalue weighted by Crippen LogP contribution is 2.19. The maximum atomic E-state index is 13.5. The van der Waals surface area contributed by atoms with Crippen LogP contribution in [0.25, 0.3) is 0 Å². The van der Waals surface area contributed by atoms with E-state index in [1.54, 1.807) is 13.0 Å². The number of hydrogen-bond acceptors (Lipinski definition) is 2. The average Bonchev–Trinajstić information content (AvgIpc) is 2.23. The number of hydrogen-bond donors (Lipinski definition) is 2. The highest BCUT2D eigenvalue weighted by molar-refractivity contribution is 6.30. The zero-order valence-corrected chi connectivity index (χ0v) is 11.0. The van der Waals surface area contributed by atoms with Crippen molar-refractivity contribution in [3.8, 4) is 0 Å². The van der Waals surface area contributed by atoms with Gasteiger partial charge in [-0.05, 0) is 43.7 Å². The van der Waals surface area contributed by atoms with Crippen molar-refractivity contribution in [2.24, 2.45) is 0 Å². The summed E-state index contributed by atoms with van der Waals surface area (Å²) in [5.41, 5.74) is -0.526. The van der Waals surface area contributed by atoms with Gasteiger partial charge in [0.25, 0.3) is 0 Å². The third-order valence-electron chi connectivity index (χ3n) is 2.51. The van der Waals surface area contributed by atoms with Gasteiger partial charge in [-0.2, -0.15) is 0 Å². The molecule has 0 aliphatic rings. The minimum Gasteiger partial charge on any atom is -0.389 e. The molecule has 96 valence electrons. The van der Waals surface area contributed by atoms with Crippen molar-refractivity contribution in [3.05, 3.63) is 34.6 Å². The summed E-state index contributed by atoms with van der Waals surface area (Å²) in [7, 11) is 0. The summed E-state index contributed by atoms with van der Waals surface area (Å²) in [4.78, 5) is 0. The number of halogens is 2. The second-order valence-electron chi connectivity index (χ2n) is 4.59. The van der Waals surface area contributed by atoms with E-state index in [4.69, 9.17) is 11.6 Å². The number of nitrogens with one attached hydrogen (secondary N) is 1. The van der Waals surface area contributed by atoms with Crippen LogP contribution in [0.3, 0.4) is 0 Å². The van der Waals surface area contributed by atoms with E-state index in [0.29, 0.717) is 17.1 Å². The average molecular weight is 260 g/mol. The Morgan fingerprint density at radius 1 is 1.47 bits per heavy atom. The third kappa shape index (κ3) is 5.02. The van der Waals surface area contributed by atoms with Crippen LogP contribution in [0.5, 0.6) is 0 Å².